The third kappa shape index (κ3) is 6.87. The summed E-state index contributed by atoms with van der Waals surface area (Å²) in [6, 6.07) is 11.6. The fourth-order valence-electron chi connectivity index (χ4n) is 4.48. The van der Waals surface area contributed by atoms with Crippen LogP contribution in [0.4, 0.5) is 26.3 Å². The maximum absolute atomic E-state index is 13.4. The summed E-state index contributed by atoms with van der Waals surface area (Å²) in [5.74, 6) is -1.81. The normalized spacial score (nSPS) is 11.8. The highest BCUT2D eigenvalue weighted by Crippen LogP contribution is 2.40. The zero-order valence-corrected chi connectivity index (χ0v) is 23.1. The van der Waals surface area contributed by atoms with Crippen molar-refractivity contribution in [1.29, 1.82) is 0 Å². The van der Waals surface area contributed by atoms with Crippen LogP contribution in [0.3, 0.4) is 0 Å². The first-order valence-electron chi connectivity index (χ1n) is 12.9. The van der Waals surface area contributed by atoms with Crippen molar-refractivity contribution in [2.45, 2.75) is 32.6 Å². The number of fused-ring (bicyclic) bond motifs is 1. The lowest BCUT2D eigenvalue weighted by molar-refractivity contribution is -0.144. The lowest BCUT2D eigenvalue weighted by Gasteiger charge is -2.15. The summed E-state index contributed by atoms with van der Waals surface area (Å²) < 4.78 is 103. The van der Waals surface area contributed by atoms with E-state index in [9.17, 15) is 35.9 Å². The SMILES string of the molecule is CCOC(=O)Cc1c(C(=O)OCC)c2cc(Oc3cc(C(F)(F)F)cc(C(F)(F)F)c3)ccc2n1-c1ccc(OC)cc1. The second-order valence-corrected chi connectivity index (χ2v) is 9.08. The van der Waals surface area contributed by atoms with Crippen LogP contribution in [0.1, 0.15) is 41.0 Å². The van der Waals surface area contributed by atoms with Crippen molar-refractivity contribution < 1.29 is 54.9 Å². The third-order valence-corrected chi connectivity index (χ3v) is 6.26. The monoisotopic (exact) mass is 609 g/mol. The second-order valence-electron chi connectivity index (χ2n) is 9.08. The minimum absolute atomic E-state index is 0.00839. The van der Waals surface area contributed by atoms with Crippen LogP contribution < -0.4 is 9.47 Å². The largest absolute Gasteiger partial charge is 0.497 e. The molecule has 0 radical (unpaired) electrons. The molecular formula is C30H25F6NO6. The Hall–Kier alpha value is -4.68. The van der Waals surface area contributed by atoms with Crippen LogP contribution in [0.2, 0.25) is 0 Å². The average molecular weight is 610 g/mol. The fourth-order valence-corrected chi connectivity index (χ4v) is 4.48. The molecule has 228 valence electrons. The molecule has 0 aliphatic carbocycles. The van der Waals surface area contributed by atoms with E-state index >= 15 is 0 Å². The number of esters is 2. The molecule has 0 aliphatic heterocycles. The number of rotatable bonds is 9. The Kier molecular flexibility index (Phi) is 8.93. The van der Waals surface area contributed by atoms with Crippen molar-refractivity contribution in [2.24, 2.45) is 0 Å². The molecule has 13 heteroatoms. The summed E-state index contributed by atoms with van der Waals surface area (Å²) in [7, 11) is 1.48. The summed E-state index contributed by atoms with van der Waals surface area (Å²) in [5.41, 5.74) is -2.07. The second kappa shape index (κ2) is 12.3. The van der Waals surface area contributed by atoms with Crippen LogP contribution >= 0.6 is 0 Å². The van der Waals surface area contributed by atoms with Crippen LogP contribution in [0.5, 0.6) is 17.2 Å². The van der Waals surface area contributed by atoms with E-state index in [4.69, 9.17) is 18.9 Å². The number of carbonyl (C=O) groups is 2. The minimum Gasteiger partial charge on any atom is -0.497 e. The zero-order chi connectivity index (χ0) is 31.5. The van der Waals surface area contributed by atoms with E-state index in [1.54, 1.807) is 42.7 Å². The van der Waals surface area contributed by atoms with Gasteiger partial charge in [0.05, 0.1) is 49.0 Å². The Balaban J connectivity index is 1.94. The van der Waals surface area contributed by atoms with Gasteiger partial charge in [-0.1, -0.05) is 0 Å². The number of carbonyl (C=O) groups excluding carboxylic acids is 2. The predicted molar refractivity (Wildman–Crippen MR) is 143 cm³/mol. The van der Waals surface area contributed by atoms with E-state index in [-0.39, 0.29) is 48.1 Å². The van der Waals surface area contributed by atoms with Gasteiger partial charge in [-0.25, -0.2) is 4.79 Å². The average Bonchev–Trinajstić information content (AvgIpc) is 3.25. The number of benzene rings is 3. The molecule has 0 bridgehead atoms. The number of halogens is 6. The first-order valence-corrected chi connectivity index (χ1v) is 12.9. The predicted octanol–water partition coefficient (Wildman–Crippen LogP) is 7.75. The number of methoxy groups -OCH3 is 1. The van der Waals surface area contributed by atoms with Gasteiger partial charge in [-0.3, -0.25) is 4.79 Å². The summed E-state index contributed by atoms with van der Waals surface area (Å²) in [6.45, 7) is 3.25. The molecule has 0 amide bonds. The van der Waals surface area contributed by atoms with E-state index in [0.717, 1.165) is 0 Å². The number of nitrogens with zero attached hydrogens (tertiary/aromatic N) is 1. The van der Waals surface area contributed by atoms with Gasteiger partial charge >= 0.3 is 24.3 Å². The highest BCUT2D eigenvalue weighted by Gasteiger charge is 2.37. The van der Waals surface area contributed by atoms with Gasteiger partial charge in [-0.05, 0) is 74.5 Å². The van der Waals surface area contributed by atoms with Gasteiger partial charge in [-0.2, -0.15) is 26.3 Å². The molecule has 0 unspecified atom stereocenters. The zero-order valence-electron chi connectivity index (χ0n) is 23.1. The Morgan fingerprint density at radius 1 is 0.744 bits per heavy atom. The number of alkyl halides is 6. The van der Waals surface area contributed by atoms with Crippen LogP contribution in [-0.4, -0.2) is 36.8 Å². The minimum atomic E-state index is -5.07. The van der Waals surface area contributed by atoms with Crippen LogP contribution in [0.25, 0.3) is 16.6 Å². The molecule has 4 rings (SSSR count). The summed E-state index contributed by atoms with van der Waals surface area (Å²) in [6.07, 6.45) is -10.5. The van der Waals surface area contributed by atoms with Gasteiger partial charge in [0, 0.05) is 16.8 Å². The molecule has 0 saturated heterocycles. The van der Waals surface area contributed by atoms with E-state index in [1.165, 1.54) is 25.3 Å². The van der Waals surface area contributed by atoms with Crippen molar-refractivity contribution >= 4 is 22.8 Å². The Bertz CT molecular complexity index is 1610. The first-order chi connectivity index (χ1) is 20.3. The van der Waals surface area contributed by atoms with Gasteiger partial charge < -0.3 is 23.5 Å². The van der Waals surface area contributed by atoms with Crippen LogP contribution in [0.15, 0.2) is 60.7 Å². The number of aromatic nitrogens is 1. The fraction of sp³-hybridized carbons (Fsp3) is 0.267. The maximum Gasteiger partial charge on any atom is 0.416 e. The molecule has 1 aromatic heterocycles. The van der Waals surface area contributed by atoms with Gasteiger partial charge in [0.1, 0.15) is 17.2 Å². The lowest BCUT2D eigenvalue weighted by atomic mass is 10.1. The van der Waals surface area contributed by atoms with Crippen molar-refractivity contribution in [1.82, 2.24) is 4.57 Å². The van der Waals surface area contributed by atoms with Crippen LogP contribution in [0, 0.1) is 0 Å². The molecule has 0 spiro atoms. The Morgan fingerprint density at radius 3 is 1.86 bits per heavy atom. The maximum atomic E-state index is 13.4. The highest BCUT2D eigenvalue weighted by molar-refractivity contribution is 6.07. The van der Waals surface area contributed by atoms with E-state index in [0.29, 0.717) is 29.1 Å². The topological polar surface area (TPSA) is 76.0 Å². The van der Waals surface area contributed by atoms with Crippen molar-refractivity contribution in [3.05, 3.63) is 83.0 Å². The third-order valence-electron chi connectivity index (χ3n) is 6.26. The number of hydrogen-bond acceptors (Lipinski definition) is 6. The smallest absolute Gasteiger partial charge is 0.416 e. The Morgan fingerprint density at radius 2 is 1.33 bits per heavy atom. The number of ether oxygens (including phenoxy) is 4. The van der Waals surface area contributed by atoms with E-state index in [1.807, 2.05) is 0 Å². The molecule has 4 aromatic rings. The summed E-state index contributed by atoms with van der Waals surface area (Å²) in [5, 5.41) is 0.175. The van der Waals surface area contributed by atoms with Gasteiger partial charge in [0.2, 0.25) is 0 Å². The molecule has 0 N–H and O–H groups in total. The molecule has 3 aromatic carbocycles. The molecule has 0 saturated carbocycles. The quantitative estimate of drug-likeness (QED) is 0.143. The lowest BCUT2D eigenvalue weighted by Crippen LogP contribution is -2.15. The van der Waals surface area contributed by atoms with Gasteiger partial charge in [0.15, 0.2) is 0 Å². The van der Waals surface area contributed by atoms with Crippen LogP contribution in [-0.2, 0) is 33.0 Å². The van der Waals surface area contributed by atoms with Gasteiger partial charge in [-0.15, -0.1) is 0 Å². The molecule has 0 atom stereocenters. The summed E-state index contributed by atoms with van der Waals surface area (Å²) in [4.78, 5) is 25.9. The number of hydrogen-bond donors (Lipinski definition) is 0. The van der Waals surface area contributed by atoms with E-state index in [2.05, 4.69) is 0 Å². The van der Waals surface area contributed by atoms with Gasteiger partial charge in [0.25, 0.3) is 0 Å². The first kappa shape index (κ1) is 31.3. The van der Waals surface area contributed by atoms with Crippen molar-refractivity contribution in [3.63, 3.8) is 0 Å². The molecule has 7 nitrogen and oxygen atoms in total. The standard InChI is InChI=1S/C30H25F6NO6/c1-4-41-26(38)16-25-27(28(39)42-5-2)23-15-21(10-11-24(23)37(25)19-6-8-20(40-3)9-7-19)43-22-13-17(29(31,32)33)12-18(14-22)30(34,35)36/h6-15H,4-5,16H2,1-3H3. The molecular weight excluding hydrogens is 584 g/mol. The van der Waals surface area contributed by atoms with E-state index < -0.39 is 41.2 Å². The molecule has 43 heavy (non-hydrogen) atoms. The molecule has 0 aliphatic rings. The van der Waals surface area contributed by atoms with Crippen molar-refractivity contribution in [2.75, 3.05) is 20.3 Å². The molecule has 1 heterocycles. The molecule has 0 fully saturated rings. The summed E-state index contributed by atoms with van der Waals surface area (Å²) >= 11 is 0. The Labute approximate surface area is 241 Å². The highest BCUT2D eigenvalue weighted by atomic mass is 19.4. The van der Waals surface area contributed by atoms with Crippen molar-refractivity contribution in [3.8, 4) is 22.9 Å².